The first-order valence-electron chi connectivity index (χ1n) is 6.23. The van der Waals surface area contributed by atoms with Crippen LogP contribution < -0.4 is 5.32 Å². The average molecular weight is 284 g/mol. The highest BCUT2D eigenvalue weighted by molar-refractivity contribution is 5.75. The lowest BCUT2D eigenvalue weighted by atomic mass is 9.94. The van der Waals surface area contributed by atoms with Gasteiger partial charge in [0.1, 0.15) is 6.54 Å². The van der Waals surface area contributed by atoms with Gasteiger partial charge in [-0.1, -0.05) is 0 Å². The van der Waals surface area contributed by atoms with Crippen molar-refractivity contribution in [3.05, 3.63) is 22.4 Å². The maximum atomic E-state index is 11.7. The molecule has 1 fully saturated rings. The first-order valence-corrected chi connectivity index (χ1v) is 6.23. The second kappa shape index (κ2) is 5.97. The van der Waals surface area contributed by atoms with Gasteiger partial charge in [0.25, 0.3) is 0 Å². The molecule has 0 aliphatic carbocycles. The Morgan fingerprint density at radius 3 is 2.90 bits per heavy atom. The predicted octanol–water partition coefficient (Wildman–Crippen LogP) is -0.551. The zero-order valence-electron chi connectivity index (χ0n) is 10.8. The number of nitrogens with zero attached hydrogens (tertiary/aromatic N) is 3. The van der Waals surface area contributed by atoms with Gasteiger partial charge in [0.2, 0.25) is 5.91 Å². The number of carbonyl (C=O) groups excluding carboxylic acids is 1. The van der Waals surface area contributed by atoms with E-state index in [0.29, 0.717) is 26.1 Å². The first-order chi connectivity index (χ1) is 9.48. The van der Waals surface area contributed by atoms with Gasteiger partial charge in [-0.2, -0.15) is 4.68 Å². The molecule has 1 aliphatic heterocycles. The van der Waals surface area contributed by atoms with Crippen molar-refractivity contribution in [2.24, 2.45) is 0 Å². The van der Waals surface area contributed by atoms with E-state index in [4.69, 9.17) is 4.74 Å². The largest absolute Gasteiger partial charge is 0.389 e. The van der Waals surface area contributed by atoms with E-state index in [9.17, 15) is 20.0 Å². The number of hydrogen-bond acceptors (Lipinski definition) is 6. The molecule has 0 radical (unpaired) electrons. The molecule has 2 heterocycles. The van der Waals surface area contributed by atoms with E-state index >= 15 is 0 Å². The maximum Gasteiger partial charge on any atom is 0.389 e. The van der Waals surface area contributed by atoms with Crippen molar-refractivity contribution in [1.29, 1.82) is 0 Å². The Bertz CT molecular complexity index is 495. The fourth-order valence-corrected chi connectivity index (χ4v) is 1.93. The van der Waals surface area contributed by atoms with E-state index in [0.717, 1.165) is 0 Å². The van der Waals surface area contributed by atoms with E-state index in [1.165, 1.54) is 16.9 Å². The minimum atomic E-state index is -0.940. The van der Waals surface area contributed by atoms with Crippen molar-refractivity contribution >= 4 is 11.7 Å². The fourth-order valence-electron chi connectivity index (χ4n) is 1.93. The number of hydrogen-bond donors (Lipinski definition) is 2. The molecule has 0 aromatic carbocycles. The van der Waals surface area contributed by atoms with Crippen molar-refractivity contribution < 1.29 is 19.6 Å². The molecule has 2 rings (SSSR count). The first kappa shape index (κ1) is 14.4. The van der Waals surface area contributed by atoms with Gasteiger partial charge in [-0.05, 0) is 4.92 Å². The van der Waals surface area contributed by atoms with E-state index < -0.39 is 10.5 Å². The topological polar surface area (TPSA) is 120 Å². The molecular formula is C11H16N4O5. The lowest BCUT2D eigenvalue weighted by Gasteiger charge is -2.31. The Morgan fingerprint density at radius 2 is 2.30 bits per heavy atom. The molecule has 1 aromatic heterocycles. The molecule has 0 atom stereocenters. The molecule has 110 valence electrons. The quantitative estimate of drug-likeness (QED) is 0.553. The van der Waals surface area contributed by atoms with Crippen LogP contribution in [0, 0.1) is 10.1 Å². The van der Waals surface area contributed by atoms with Gasteiger partial charge in [0.15, 0.2) is 0 Å². The zero-order chi connectivity index (χ0) is 14.6. The molecule has 2 N–H and O–H groups in total. The van der Waals surface area contributed by atoms with Crippen LogP contribution in [0.15, 0.2) is 12.3 Å². The summed E-state index contributed by atoms with van der Waals surface area (Å²) in [6, 6.07) is 1.22. The molecule has 0 saturated carbocycles. The summed E-state index contributed by atoms with van der Waals surface area (Å²) in [4.78, 5) is 21.5. The van der Waals surface area contributed by atoms with Gasteiger partial charge in [-0.15, -0.1) is 0 Å². The van der Waals surface area contributed by atoms with Crippen molar-refractivity contribution in [2.45, 2.75) is 25.0 Å². The Labute approximate surface area is 114 Å². The molecule has 1 amide bonds. The Morgan fingerprint density at radius 1 is 1.60 bits per heavy atom. The van der Waals surface area contributed by atoms with Crippen molar-refractivity contribution in [3.8, 4) is 0 Å². The van der Waals surface area contributed by atoms with Gasteiger partial charge in [-0.3, -0.25) is 4.79 Å². The van der Waals surface area contributed by atoms with E-state index in [-0.39, 0.29) is 24.8 Å². The smallest absolute Gasteiger partial charge is 0.388 e. The third-order valence-corrected chi connectivity index (χ3v) is 3.16. The Balaban J connectivity index is 1.81. The van der Waals surface area contributed by atoms with Crippen LogP contribution in [0.2, 0.25) is 0 Å². The van der Waals surface area contributed by atoms with Crippen LogP contribution in [0.3, 0.4) is 0 Å². The van der Waals surface area contributed by atoms with Gasteiger partial charge in [0.05, 0.1) is 23.0 Å². The Kier molecular flexibility index (Phi) is 4.30. The standard InChI is InChI=1S/C11H16N4O5/c16-10(7-14-4-1-9(13-14)15(18)19)12-8-11(17)2-5-20-6-3-11/h1,4,17H,2-3,5-8H2,(H,12,16). The zero-order valence-corrected chi connectivity index (χ0v) is 10.8. The van der Waals surface area contributed by atoms with Crippen molar-refractivity contribution in [3.63, 3.8) is 0 Å². The number of aromatic nitrogens is 2. The summed E-state index contributed by atoms with van der Waals surface area (Å²) >= 11 is 0. The summed E-state index contributed by atoms with van der Waals surface area (Å²) in [6.45, 7) is 0.953. The fraction of sp³-hybridized carbons (Fsp3) is 0.636. The summed E-state index contributed by atoms with van der Waals surface area (Å²) in [5.41, 5.74) is -0.940. The second-order valence-corrected chi connectivity index (χ2v) is 4.74. The maximum absolute atomic E-state index is 11.7. The predicted molar refractivity (Wildman–Crippen MR) is 66.9 cm³/mol. The van der Waals surface area contributed by atoms with Crippen LogP contribution in [0.5, 0.6) is 0 Å². The number of nitrogens with one attached hydrogen (secondary N) is 1. The molecule has 1 saturated heterocycles. The highest BCUT2D eigenvalue weighted by atomic mass is 16.6. The molecule has 1 aliphatic rings. The van der Waals surface area contributed by atoms with E-state index in [1.807, 2.05) is 0 Å². The molecule has 1 aromatic rings. The SMILES string of the molecule is O=C(Cn1ccc([N+](=O)[O-])n1)NCC1(O)CCOCC1. The number of aliphatic hydroxyl groups is 1. The van der Waals surface area contributed by atoms with Crippen LogP contribution in [-0.2, 0) is 16.1 Å². The van der Waals surface area contributed by atoms with E-state index in [2.05, 4.69) is 10.4 Å². The van der Waals surface area contributed by atoms with Crippen LogP contribution in [-0.4, -0.2) is 51.1 Å². The van der Waals surface area contributed by atoms with Crippen LogP contribution in [0.1, 0.15) is 12.8 Å². The number of carbonyl (C=O) groups is 1. The van der Waals surface area contributed by atoms with Gasteiger partial charge >= 0.3 is 5.82 Å². The van der Waals surface area contributed by atoms with Gasteiger partial charge in [-0.25, -0.2) is 0 Å². The number of ether oxygens (including phenoxy) is 1. The monoisotopic (exact) mass is 284 g/mol. The molecule has 0 unspecified atom stereocenters. The Hall–Kier alpha value is -2.00. The molecule has 0 spiro atoms. The minimum Gasteiger partial charge on any atom is -0.388 e. The lowest BCUT2D eigenvalue weighted by molar-refractivity contribution is -0.389. The van der Waals surface area contributed by atoms with Crippen LogP contribution in [0.25, 0.3) is 0 Å². The molecular weight excluding hydrogens is 268 g/mol. The number of rotatable bonds is 5. The second-order valence-electron chi connectivity index (χ2n) is 4.74. The van der Waals surface area contributed by atoms with Crippen molar-refractivity contribution in [1.82, 2.24) is 15.1 Å². The van der Waals surface area contributed by atoms with Gasteiger partial charge < -0.3 is 25.3 Å². The van der Waals surface area contributed by atoms with Crippen LogP contribution in [0.4, 0.5) is 5.82 Å². The third kappa shape index (κ3) is 3.75. The summed E-state index contributed by atoms with van der Waals surface area (Å²) in [5, 5.41) is 26.9. The number of amides is 1. The van der Waals surface area contributed by atoms with Crippen LogP contribution >= 0.6 is 0 Å². The summed E-state index contributed by atoms with van der Waals surface area (Å²) < 4.78 is 6.32. The minimum absolute atomic E-state index is 0.125. The molecule has 9 heteroatoms. The highest BCUT2D eigenvalue weighted by Gasteiger charge is 2.30. The molecule has 0 bridgehead atoms. The molecule has 9 nitrogen and oxygen atoms in total. The van der Waals surface area contributed by atoms with Crippen molar-refractivity contribution in [2.75, 3.05) is 19.8 Å². The summed E-state index contributed by atoms with van der Waals surface area (Å²) in [5.74, 6) is -0.663. The normalized spacial score (nSPS) is 17.6. The highest BCUT2D eigenvalue weighted by Crippen LogP contribution is 2.19. The summed E-state index contributed by atoms with van der Waals surface area (Å²) in [6.07, 6.45) is 2.31. The van der Waals surface area contributed by atoms with Gasteiger partial charge in [0, 0.05) is 32.6 Å². The summed E-state index contributed by atoms with van der Waals surface area (Å²) in [7, 11) is 0. The molecule has 20 heavy (non-hydrogen) atoms. The lowest BCUT2D eigenvalue weighted by Crippen LogP contribution is -2.47. The third-order valence-electron chi connectivity index (χ3n) is 3.16. The average Bonchev–Trinajstić information content (AvgIpc) is 2.86. The number of nitro groups is 1. The van der Waals surface area contributed by atoms with E-state index in [1.54, 1.807) is 0 Å².